The molecule has 1 atom stereocenters. The van der Waals surface area contributed by atoms with E-state index in [0.717, 1.165) is 50.0 Å². The summed E-state index contributed by atoms with van der Waals surface area (Å²) < 4.78 is 12.9. The molecule has 2 fully saturated rings. The van der Waals surface area contributed by atoms with Crippen molar-refractivity contribution in [3.05, 3.63) is 39.9 Å². The number of nitrogens with zero attached hydrogens (tertiary/aromatic N) is 5. The number of hydrogen-bond donors (Lipinski definition) is 1. The van der Waals surface area contributed by atoms with Gasteiger partial charge in [0.2, 0.25) is 0 Å². The highest BCUT2D eigenvalue weighted by molar-refractivity contribution is 5.83. The van der Waals surface area contributed by atoms with E-state index in [2.05, 4.69) is 25.4 Å². The zero-order valence-corrected chi connectivity index (χ0v) is 18.7. The highest BCUT2D eigenvalue weighted by Gasteiger charge is 2.33. The van der Waals surface area contributed by atoms with Gasteiger partial charge in [0, 0.05) is 17.0 Å². The second kappa shape index (κ2) is 8.90. The Morgan fingerprint density at radius 2 is 1.72 bits per heavy atom. The molecule has 170 valence electrons. The number of fused-ring (bicyclic) bond motifs is 1. The lowest BCUT2D eigenvalue weighted by atomic mass is 10.00. The summed E-state index contributed by atoms with van der Waals surface area (Å²) in [5.74, 6) is 1.98. The molecule has 1 aromatic carbocycles. The van der Waals surface area contributed by atoms with E-state index in [-0.39, 0.29) is 11.6 Å². The standard InChI is InChI=1S/C23H30N6O3/c1-31-19-13-15-12-17(23(30)24-18(15)14-20(19)32-2)21(28-10-6-3-7-11-28)22-25-26-27-29(22)16-8-4-5-9-16/h12-14,16,21H,3-11H2,1-2H3,(H,24,30)/t21-/m0/s1. The van der Waals surface area contributed by atoms with E-state index in [1.54, 1.807) is 20.3 Å². The Morgan fingerprint density at radius 1 is 1.00 bits per heavy atom. The van der Waals surface area contributed by atoms with Crippen LogP contribution in [0.2, 0.25) is 0 Å². The number of methoxy groups -OCH3 is 2. The highest BCUT2D eigenvalue weighted by Crippen LogP contribution is 2.36. The molecule has 0 spiro atoms. The molecule has 9 nitrogen and oxygen atoms in total. The Kier molecular flexibility index (Phi) is 5.82. The van der Waals surface area contributed by atoms with Crippen LogP contribution < -0.4 is 15.0 Å². The van der Waals surface area contributed by atoms with E-state index in [0.29, 0.717) is 28.6 Å². The molecular weight excluding hydrogens is 408 g/mol. The number of likely N-dealkylation sites (tertiary alicyclic amines) is 1. The molecule has 1 aliphatic carbocycles. The second-order valence-electron chi connectivity index (χ2n) is 8.77. The minimum atomic E-state index is -0.285. The Labute approximate surface area is 186 Å². The largest absolute Gasteiger partial charge is 0.493 e. The lowest BCUT2D eigenvalue weighted by molar-refractivity contribution is 0.174. The van der Waals surface area contributed by atoms with Crippen LogP contribution in [0.5, 0.6) is 11.5 Å². The van der Waals surface area contributed by atoms with Gasteiger partial charge in [0.1, 0.15) is 6.04 Å². The Hall–Kier alpha value is -2.94. The SMILES string of the molecule is COc1cc2cc([C@@H](c3nnnn3C3CCCC3)N3CCCCC3)c(=O)[nH]c2cc1OC. The monoisotopic (exact) mass is 438 g/mol. The average Bonchev–Trinajstić information content (AvgIpc) is 3.52. The normalized spacial score (nSPS) is 18.8. The van der Waals surface area contributed by atoms with Gasteiger partial charge in [-0.3, -0.25) is 9.69 Å². The molecule has 1 saturated carbocycles. The van der Waals surface area contributed by atoms with Crippen LogP contribution in [-0.4, -0.2) is 57.4 Å². The molecule has 1 aliphatic heterocycles. The number of rotatable bonds is 6. The van der Waals surface area contributed by atoms with Crippen LogP contribution in [0, 0.1) is 0 Å². The van der Waals surface area contributed by atoms with Crippen LogP contribution in [0.15, 0.2) is 23.0 Å². The molecule has 5 rings (SSSR count). The topological polar surface area (TPSA) is 98.2 Å². The van der Waals surface area contributed by atoms with Crippen molar-refractivity contribution in [2.24, 2.45) is 0 Å². The molecule has 1 saturated heterocycles. The Morgan fingerprint density at radius 3 is 2.44 bits per heavy atom. The van der Waals surface area contributed by atoms with Gasteiger partial charge < -0.3 is 14.5 Å². The summed E-state index contributed by atoms with van der Waals surface area (Å²) in [6, 6.07) is 5.69. The maximum absolute atomic E-state index is 13.4. The third-order valence-corrected chi connectivity index (χ3v) is 6.86. The first kappa shape index (κ1) is 20.9. The molecular formula is C23H30N6O3. The van der Waals surface area contributed by atoms with Crippen LogP contribution in [0.3, 0.4) is 0 Å². The van der Waals surface area contributed by atoms with Gasteiger partial charge in [-0.25, -0.2) is 4.68 Å². The van der Waals surface area contributed by atoms with E-state index in [9.17, 15) is 4.79 Å². The number of pyridine rings is 1. The maximum Gasteiger partial charge on any atom is 0.253 e. The Balaban J connectivity index is 1.65. The smallest absolute Gasteiger partial charge is 0.253 e. The average molecular weight is 439 g/mol. The van der Waals surface area contributed by atoms with E-state index in [1.807, 2.05) is 16.8 Å². The lowest BCUT2D eigenvalue weighted by Gasteiger charge is -2.34. The van der Waals surface area contributed by atoms with Crippen molar-refractivity contribution in [1.29, 1.82) is 0 Å². The zero-order valence-electron chi connectivity index (χ0n) is 18.7. The molecule has 0 unspecified atom stereocenters. The molecule has 1 N–H and O–H groups in total. The quantitative estimate of drug-likeness (QED) is 0.631. The van der Waals surface area contributed by atoms with Gasteiger partial charge in [0.25, 0.3) is 5.56 Å². The zero-order chi connectivity index (χ0) is 22.1. The van der Waals surface area contributed by atoms with Gasteiger partial charge in [-0.2, -0.15) is 0 Å². The van der Waals surface area contributed by atoms with Gasteiger partial charge in [-0.1, -0.05) is 19.3 Å². The first-order chi connectivity index (χ1) is 15.7. The van der Waals surface area contributed by atoms with Crippen molar-refractivity contribution < 1.29 is 9.47 Å². The van der Waals surface area contributed by atoms with Crippen LogP contribution >= 0.6 is 0 Å². The number of benzene rings is 1. The fourth-order valence-corrected chi connectivity index (χ4v) is 5.22. The predicted octanol–water partition coefficient (Wildman–Crippen LogP) is 3.22. The summed E-state index contributed by atoms with van der Waals surface area (Å²) in [5.41, 5.74) is 1.26. The van der Waals surface area contributed by atoms with Crippen LogP contribution in [-0.2, 0) is 0 Å². The van der Waals surface area contributed by atoms with Gasteiger partial charge >= 0.3 is 0 Å². The highest BCUT2D eigenvalue weighted by atomic mass is 16.5. The first-order valence-corrected chi connectivity index (χ1v) is 11.5. The van der Waals surface area contributed by atoms with Gasteiger partial charge in [-0.15, -0.1) is 5.10 Å². The number of aromatic nitrogens is 5. The van der Waals surface area contributed by atoms with Crippen molar-refractivity contribution in [1.82, 2.24) is 30.1 Å². The molecule has 9 heteroatoms. The third-order valence-electron chi connectivity index (χ3n) is 6.86. The van der Waals surface area contributed by atoms with Crippen molar-refractivity contribution in [3.8, 4) is 11.5 Å². The first-order valence-electron chi connectivity index (χ1n) is 11.5. The van der Waals surface area contributed by atoms with Crippen molar-refractivity contribution in [2.45, 2.75) is 57.0 Å². The number of ether oxygens (including phenoxy) is 2. The molecule has 2 aliphatic rings. The summed E-state index contributed by atoms with van der Waals surface area (Å²) >= 11 is 0. The minimum Gasteiger partial charge on any atom is -0.493 e. The van der Waals surface area contributed by atoms with Crippen molar-refractivity contribution in [3.63, 3.8) is 0 Å². The maximum atomic E-state index is 13.4. The summed E-state index contributed by atoms with van der Waals surface area (Å²) in [5, 5.41) is 13.7. The van der Waals surface area contributed by atoms with Crippen LogP contribution in [0.25, 0.3) is 10.9 Å². The fraction of sp³-hybridized carbons (Fsp3) is 0.565. The van der Waals surface area contributed by atoms with Gasteiger partial charge in [0.05, 0.1) is 25.8 Å². The fourth-order valence-electron chi connectivity index (χ4n) is 5.22. The van der Waals surface area contributed by atoms with Crippen molar-refractivity contribution in [2.75, 3.05) is 27.3 Å². The van der Waals surface area contributed by atoms with E-state index in [4.69, 9.17) is 9.47 Å². The molecule has 2 aromatic heterocycles. The van der Waals surface area contributed by atoms with Crippen molar-refractivity contribution >= 4 is 10.9 Å². The number of tetrazole rings is 1. The molecule has 0 bridgehead atoms. The molecule has 0 amide bonds. The molecule has 3 heterocycles. The molecule has 32 heavy (non-hydrogen) atoms. The number of piperidine rings is 1. The summed E-state index contributed by atoms with van der Waals surface area (Å²) in [6.07, 6.45) is 7.97. The van der Waals surface area contributed by atoms with Crippen LogP contribution in [0.1, 0.15) is 68.4 Å². The van der Waals surface area contributed by atoms with Crippen LogP contribution in [0.4, 0.5) is 0 Å². The van der Waals surface area contributed by atoms with E-state index < -0.39 is 0 Å². The molecule has 0 radical (unpaired) electrons. The lowest BCUT2D eigenvalue weighted by Crippen LogP contribution is -2.38. The van der Waals surface area contributed by atoms with Gasteiger partial charge in [-0.05, 0) is 61.3 Å². The minimum absolute atomic E-state index is 0.124. The number of aromatic amines is 1. The summed E-state index contributed by atoms with van der Waals surface area (Å²) in [4.78, 5) is 18.8. The molecule has 3 aromatic rings. The van der Waals surface area contributed by atoms with E-state index >= 15 is 0 Å². The second-order valence-corrected chi connectivity index (χ2v) is 8.77. The number of hydrogen-bond acceptors (Lipinski definition) is 7. The number of nitrogens with one attached hydrogen (secondary N) is 1. The number of H-pyrrole nitrogens is 1. The van der Waals surface area contributed by atoms with Gasteiger partial charge in [0.15, 0.2) is 17.3 Å². The Bertz CT molecular complexity index is 1140. The summed E-state index contributed by atoms with van der Waals surface area (Å²) in [6.45, 7) is 1.84. The summed E-state index contributed by atoms with van der Waals surface area (Å²) in [7, 11) is 3.20. The predicted molar refractivity (Wildman–Crippen MR) is 120 cm³/mol. The third kappa shape index (κ3) is 3.74. The van der Waals surface area contributed by atoms with E-state index in [1.165, 1.54) is 19.3 Å².